The molecule has 2 aromatic rings. The molecule has 25 heavy (non-hydrogen) atoms. The Bertz CT molecular complexity index is 730. The summed E-state index contributed by atoms with van der Waals surface area (Å²) in [6.07, 6.45) is 3.86. The van der Waals surface area contributed by atoms with Crippen molar-refractivity contribution in [3.05, 3.63) is 52.8 Å². The molecule has 5 nitrogen and oxygen atoms in total. The number of aryl methyl sites for hydroxylation is 2. The van der Waals surface area contributed by atoms with Crippen molar-refractivity contribution in [3.8, 4) is 0 Å². The second-order valence-corrected chi connectivity index (χ2v) is 7.16. The molecule has 3 rings (SSSR count). The van der Waals surface area contributed by atoms with Gasteiger partial charge in [-0.1, -0.05) is 12.1 Å². The molecule has 1 aromatic heterocycles. The fraction of sp³-hybridized carbons (Fsp3) is 0.500. The maximum absolute atomic E-state index is 12.6. The van der Waals surface area contributed by atoms with Crippen LogP contribution in [0, 0.1) is 19.8 Å². The number of aliphatic hydroxyl groups excluding tert-OH is 1. The zero-order valence-electron chi connectivity index (χ0n) is 15.0. The van der Waals surface area contributed by atoms with Gasteiger partial charge in [-0.2, -0.15) is 5.10 Å². The minimum atomic E-state index is -0.0114. The van der Waals surface area contributed by atoms with E-state index in [1.807, 2.05) is 42.8 Å². The Hall–Kier alpha value is -2.14. The lowest BCUT2D eigenvalue weighted by atomic mass is 9.86. The molecule has 2 N–H and O–H groups in total. The van der Waals surface area contributed by atoms with Gasteiger partial charge in [0, 0.05) is 23.9 Å². The Kier molecular flexibility index (Phi) is 5.53. The van der Waals surface area contributed by atoms with E-state index >= 15 is 0 Å². The number of aromatic nitrogens is 2. The van der Waals surface area contributed by atoms with E-state index in [-0.39, 0.29) is 18.6 Å². The molecule has 0 unspecified atom stereocenters. The van der Waals surface area contributed by atoms with Crippen LogP contribution in [0.25, 0.3) is 0 Å². The van der Waals surface area contributed by atoms with Crippen LogP contribution in [0.1, 0.15) is 53.0 Å². The largest absolute Gasteiger partial charge is 0.396 e. The standard InChI is InChI=1S/C20H27N3O2/c1-14-10-15(2)23(22-14)12-17-4-3-5-18(11-17)20(25)21-19-8-6-16(13-24)7-9-19/h3-5,10-11,16,19,24H,6-9,12-13H2,1-2H3,(H,21,25). The third kappa shape index (κ3) is 4.48. The fourth-order valence-corrected chi connectivity index (χ4v) is 3.58. The summed E-state index contributed by atoms with van der Waals surface area (Å²) in [5.74, 6) is 0.389. The second kappa shape index (κ2) is 7.83. The van der Waals surface area contributed by atoms with E-state index in [9.17, 15) is 9.90 Å². The van der Waals surface area contributed by atoms with Gasteiger partial charge in [-0.3, -0.25) is 9.48 Å². The SMILES string of the molecule is Cc1cc(C)n(Cc2cccc(C(=O)NC3CCC(CO)CC3)c2)n1. The molecule has 5 heteroatoms. The van der Waals surface area contributed by atoms with Crippen LogP contribution in [0.5, 0.6) is 0 Å². The summed E-state index contributed by atoms with van der Waals surface area (Å²) in [6.45, 7) is 4.95. The average molecular weight is 341 g/mol. The van der Waals surface area contributed by atoms with Crippen LogP contribution in [-0.4, -0.2) is 33.4 Å². The topological polar surface area (TPSA) is 67.2 Å². The molecular weight excluding hydrogens is 314 g/mol. The maximum Gasteiger partial charge on any atom is 0.251 e. The van der Waals surface area contributed by atoms with E-state index in [4.69, 9.17) is 0 Å². The minimum Gasteiger partial charge on any atom is -0.396 e. The predicted molar refractivity (Wildman–Crippen MR) is 97.5 cm³/mol. The zero-order chi connectivity index (χ0) is 17.8. The van der Waals surface area contributed by atoms with Gasteiger partial charge in [0.2, 0.25) is 0 Å². The molecule has 0 atom stereocenters. The van der Waals surface area contributed by atoms with Crippen molar-refractivity contribution in [2.45, 2.75) is 52.1 Å². The Balaban J connectivity index is 1.63. The summed E-state index contributed by atoms with van der Waals surface area (Å²) in [6, 6.07) is 10.0. The lowest BCUT2D eigenvalue weighted by molar-refractivity contribution is 0.0914. The Morgan fingerprint density at radius 2 is 2.00 bits per heavy atom. The van der Waals surface area contributed by atoms with E-state index in [2.05, 4.69) is 16.5 Å². The van der Waals surface area contributed by atoms with Gasteiger partial charge in [0.05, 0.1) is 12.2 Å². The molecule has 1 aliphatic rings. The number of amides is 1. The molecule has 1 saturated carbocycles. The monoisotopic (exact) mass is 341 g/mol. The molecular formula is C20H27N3O2. The number of nitrogens with zero attached hydrogens (tertiary/aromatic N) is 2. The van der Waals surface area contributed by atoms with Crippen molar-refractivity contribution in [1.29, 1.82) is 0 Å². The molecule has 0 spiro atoms. The van der Waals surface area contributed by atoms with Gasteiger partial charge < -0.3 is 10.4 Å². The van der Waals surface area contributed by atoms with Crippen LogP contribution in [-0.2, 0) is 6.54 Å². The summed E-state index contributed by atoms with van der Waals surface area (Å²) in [7, 11) is 0. The average Bonchev–Trinajstić information content (AvgIpc) is 2.93. The number of rotatable bonds is 5. The first kappa shape index (κ1) is 17.7. The van der Waals surface area contributed by atoms with E-state index in [1.165, 1.54) is 0 Å². The Morgan fingerprint density at radius 3 is 2.64 bits per heavy atom. The van der Waals surface area contributed by atoms with Crippen molar-refractivity contribution in [2.75, 3.05) is 6.61 Å². The normalized spacial score (nSPS) is 20.4. The highest BCUT2D eigenvalue weighted by molar-refractivity contribution is 5.94. The molecule has 134 valence electrons. The number of carbonyl (C=O) groups excluding carboxylic acids is 1. The van der Waals surface area contributed by atoms with Gasteiger partial charge in [-0.25, -0.2) is 0 Å². The van der Waals surface area contributed by atoms with Crippen LogP contribution in [0.4, 0.5) is 0 Å². The summed E-state index contributed by atoms with van der Waals surface area (Å²) in [5, 5.41) is 16.8. The van der Waals surface area contributed by atoms with Crippen molar-refractivity contribution in [3.63, 3.8) is 0 Å². The summed E-state index contributed by atoms with van der Waals surface area (Å²) in [5.41, 5.74) is 3.89. The van der Waals surface area contributed by atoms with Crippen LogP contribution in [0.3, 0.4) is 0 Å². The number of nitrogens with one attached hydrogen (secondary N) is 1. The molecule has 1 amide bonds. The molecule has 1 aliphatic carbocycles. The van der Waals surface area contributed by atoms with Gasteiger partial charge in [0.1, 0.15) is 0 Å². The highest BCUT2D eigenvalue weighted by Gasteiger charge is 2.22. The minimum absolute atomic E-state index is 0.0114. The van der Waals surface area contributed by atoms with E-state index in [1.54, 1.807) is 0 Å². The maximum atomic E-state index is 12.6. The molecule has 0 saturated heterocycles. The summed E-state index contributed by atoms with van der Waals surface area (Å²) in [4.78, 5) is 12.6. The molecule has 0 bridgehead atoms. The van der Waals surface area contributed by atoms with Crippen molar-refractivity contribution in [1.82, 2.24) is 15.1 Å². The predicted octanol–water partition coefficient (Wildman–Crippen LogP) is 2.83. The lowest BCUT2D eigenvalue weighted by Gasteiger charge is -2.28. The summed E-state index contributed by atoms with van der Waals surface area (Å²) < 4.78 is 1.96. The van der Waals surface area contributed by atoms with Gasteiger partial charge in [0.15, 0.2) is 0 Å². The Labute approximate surface area is 149 Å². The highest BCUT2D eigenvalue weighted by Crippen LogP contribution is 2.24. The smallest absolute Gasteiger partial charge is 0.251 e. The van der Waals surface area contributed by atoms with E-state index in [0.717, 1.165) is 42.6 Å². The fourth-order valence-electron chi connectivity index (χ4n) is 3.58. The van der Waals surface area contributed by atoms with Crippen molar-refractivity contribution < 1.29 is 9.90 Å². The van der Waals surface area contributed by atoms with Crippen LogP contribution >= 0.6 is 0 Å². The van der Waals surface area contributed by atoms with E-state index < -0.39 is 0 Å². The summed E-state index contributed by atoms with van der Waals surface area (Å²) >= 11 is 0. The van der Waals surface area contributed by atoms with Crippen LogP contribution in [0.15, 0.2) is 30.3 Å². The first-order valence-corrected chi connectivity index (χ1v) is 9.07. The number of carbonyl (C=O) groups is 1. The zero-order valence-corrected chi connectivity index (χ0v) is 15.0. The third-order valence-corrected chi connectivity index (χ3v) is 5.07. The molecule has 0 aliphatic heterocycles. The quantitative estimate of drug-likeness (QED) is 0.879. The van der Waals surface area contributed by atoms with Crippen LogP contribution in [0.2, 0.25) is 0 Å². The number of hydrogen-bond acceptors (Lipinski definition) is 3. The number of aliphatic hydroxyl groups is 1. The third-order valence-electron chi connectivity index (χ3n) is 5.07. The number of hydrogen-bond donors (Lipinski definition) is 2. The van der Waals surface area contributed by atoms with Crippen molar-refractivity contribution >= 4 is 5.91 Å². The molecule has 1 fully saturated rings. The molecule has 1 aromatic carbocycles. The van der Waals surface area contributed by atoms with Gasteiger partial charge >= 0.3 is 0 Å². The second-order valence-electron chi connectivity index (χ2n) is 7.16. The van der Waals surface area contributed by atoms with Crippen LogP contribution < -0.4 is 5.32 Å². The first-order valence-electron chi connectivity index (χ1n) is 9.07. The van der Waals surface area contributed by atoms with Gasteiger partial charge in [-0.15, -0.1) is 0 Å². The lowest BCUT2D eigenvalue weighted by Crippen LogP contribution is -2.38. The number of benzene rings is 1. The Morgan fingerprint density at radius 1 is 1.24 bits per heavy atom. The highest BCUT2D eigenvalue weighted by atomic mass is 16.3. The van der Waals surface area contributed by atoms with Crippen molar-refractivity contribution in [2.24, 2.45) is 5.92 Å². The molecule has 1 heterocycles. The van der Waals surface area contributed by atoms with E-state index in [0.29, 0.717) is 18.0 Å². The molecule has 0 radical (unpaired) electrons. The van der Waals surface area contributed by atoms with Gasteiger partial charge in [0.25, 0.3) is 5.91 Å². The first-order chi connectivity index (χ1) is 12.0. The van der Waals surface area contributed by atoms with Gasteiger partial charge in [-0.05, 0) is 69.2 Å².